The molecule has 0 bridgehead atoms. The Balaban J connectivity index is 2.12. The van der Waals surface area contributed by atoms with Gasteiger partial charge in [-0.25, -0.2) is 0 Å². The number of rotatable bonds is 3. The topological polar surface area (TPSA) is 79.9 Å². The lowest BCUT2D eigenvalue weighted by Gasteiger charge is -2.09. The number of fused-ring (bicyclic) bond motifs is 1. The molecule has 2 aromatic carbocycles. The summed E-state index contributed by atoms with van der Waals surface area (Å²) >= 11 is 0. The molecular weight excluding hydrogens is 272 g/mol. The van der Waals surface area contributed by atoms with Gasteiger partial charge in [-0.3, -0.25) is 4.79 Å². The van der Waals surface area contributed by atoms with Crippen LogP contribution in [0.15, 0.2) is 64.0 Å². The van der Waals surface area contributed by atoms with Gasteiger partial charge in [-0.15, -0.1) is 0 Å². The molecule has 2 N–H and O–H groups in total. The molecule has 0 atom stereocenters. The summed E-state index contributed by atoms with van der Waals surface area (Å²) in [5.74, 6) is 0.245. The molecule has 0 aliphatic carbocycles. The molecule has 21 heavy (non-hydrogen) atoms. The van der Waals surface area contributed by atoms with Crippen LogP contribution in [0.1, 0.15) is 0 Å². The van der Waals surface area contributed by atoms with E-state index in [0.29, 0.717) is 22.1 Å². The van der Waals surface area contributed by atoms with Crippen molar-refractivity contribution in [1.29, 1.82) is 0 Å². The Morgan fingerprint density at radius 1 is 1.05 bits per heavy atom. The molecule has 0 radical (unpaired) electrons. The zero-order valence-electron chi connectivity index (χ0n) is 10.9. The number of aliphatic hydroxyl groups is 2. The van der Waals surface area contributed by atoms with Crippen LogP contribution in [0.5, 0.6) is 5.75 Å². The maximum absolute atomic E-state index is 12.5. The first-order valence-electron chi connectivity index (χ1n) is 6.29. The summed E-state index contributed by atoms with van der Waals surface area (Å²) in [5, 5.41) is 18.1. The largest absolute Gasteiger partial charge is 0.463 e. The van der Waals surface area contributed by atoms with Gasteiger partial charge in [0.15, 0.2) is 5.43 Å². The number of ether oxygens (including phenoxy) is 1. The van der Waals surface area contributed by atoms with E-state index >= 15 is 0 Å². The Labute approximate surface area is 119 Å². The number of benzene rings is 2. The molecule has 0 unspecified atom stereocenters. The molecule has 5 nitrogen and oxygen atoms in total. The van der Waals surface area contributed by atoms with Crippen molar-refractivity contribution in [3.05, 3.63) is 65.0 Å². The van der Waals surface area contributed by atoms with Crippen LogP contribution >= 0.6 is 0 Å². The van der Waals surface area contributed by atoms with Crippen molar-refractivity contribution in [2.45, 2.75) is 6.48 Å². The molecule has 5 heteroatoms. The third kappa shape index (κ3) is 2.65. The Morgan fingerprint density at radius 2 is 1.86 bits per heavy atom. The fourth-order valence-electron chi connectivity index (χ4n) is 2.14. The van der Waals surface area contributed by atoms with E-state index in [2.05, 4.69) is 0 Å². The lowest BCUT2D eigenvalue weighted by atomic mass is 10.1. The Hall–Kier alpha value is -2.63. The molecule has 0 saturated carbocycles. The Bertz CT molecular complexity index is 835. The molecule has 0 aliphatic rings. The van der Waals surface area contributed by atoms with E-state index in [0.717, 1.165) is 0 Å². The van der Waals surface area contributed by atoms with Crippen molar-refractivity contribution in [2.24, 2.45) is 0 Å². The van der Waals surface area contributed by atoms with E-state index in [4.69, 9.17) is 19.4 Å². The minimum atomic E-state index is -1.91. The first-order chi connectivity index (χ1) is 10.1. The van der Waals surface area contributed by atoms with Crippen molar-refractivity contribution in [1.82, 2.24) is 0 Å². The highest BCUT2D eigenvalue weighted by molar-refractivity contribution is 5.81. The van der Waals surface area contributed by atoms with Gasteiger partial charge in [0, 0.05) is 0 Å². The van der Waals surface area contributed by atoms with Crippen LogP contribution in [0.25, 0.3) is 22.1 Å². The van der Waals surface area contributed by atoms with Gasteiger partial charge in [0.2, 0.25) is 0 Å². The SMILES string of the molecule is O=c1c(-c2cccc(OC(O)O)c2)coc2ccccc12. The second-order valence-corrected chi connectivity index (χ2v) is 4.45. The van der Waals surface area contributed by atoms with Crippen LogP contribution in [-0.4, -0.2) is 16.7 Å². The zero-order chi connectivity index (χ0) is 14.8. The smallest absolute Gasteiger partial charge is 0.310 e. The van der Waals surface area contributed by atoms with Crippen molar-refractivity contribution in [3.63, 3.8) is 0 Å². The fourth-order valence-corrected chi connectivity index (χ4v) is 2.14. The lowest BCUT2D eigenvalue weighted by Crippen LogP contribution is -2.13. The predicted octanol–water partition coefficient (Wildman–Crippen LogP) is 2.11. The van der Waals surface area contributed by atoms with Gasteiger partial charge >= 0.3 is 6.48 Å². The molecular formula is C16H12O5. The van der Waals surface area contributed by atoms with Crippen LogP contribution < -0.4 is 10.2 Å². The molecule has 0 saturated heterocycles. The normalized spacial score (nSPS) is 11.0. The molecule has 0 fully saturated rings. The number of para-hydroxylation sites is 1. The van der Waals surface area contributed by atoms with Crippen molar-refractivity contribution in [2.75, 3.05) is 0 Å². The molecule has 0 spiro atoms. The van der Waals surface area contributed by atoms with Gasteiger partial charge in [0.1, 0.15) is 17.6 Å². The molecule has 1 heterocycles. The van der Waals surface area contributed by atoms with Crippen molar-refractivity contribution in [3.8, 4) is 16.9 Å². The standard InChI is InChI=1S/C16H12O5/c17-15-12-6-1-2-7-14(12)20-9-13(15)10-4-3-5-11(8-10)21-16(18)19/h1-9,16,18-19H. The predicted molar refractivity (Wildman–Crippen MR) is 76.8 cm³/mol. The van der Waals surface area contributed by atoms with E-state index in [1.165, 1.54) is 6.26 Å². The number of hydrogen-bond acceptors (Lipinski definition) is 5. The average molecular weight is 284 g/mol. The van der Waals surface area contributed by atoms with Crippen LogP contribution in [0, 0.1) is 0 Å². The summed E-state index contributed by atoms with van der Waals surface area (Å²) in [7, 11) is 0. The van der Waals surface area contributed by atoms with Crippen LogP contribution in [-0.2, 0) is 0 Å². The summed E-state index contributed by atoms with van der Waals surface area (Å²) in [5.41, 5.74) is 1.32. The summed E-state index contributed by atoms with van der Waals surface area (Å²) in [6.07, 6.45) is 1.39. The van der Waals surface area contributed by atoms with Gasteiger partial charge in [-0.05, 0) is 29.8 Å². The summed E-state index contributed by atoms with van der Waals surface area (Å²) in [6.45, 7) is -1.91. The van der Waals surface area contributed by atoms with Crippen LogP contribution in [0.4, 0.5) is 0 Å². The molecule has 1 aromatic heterocycles. The second kappa shape index (κ2) is 5.40. The van der Waals surface area contributed by atoms with Crippen LogP contribution in [0.3, 0.4) is 0 Å². The van der Waals surface area contributed by atoms with E-state index in [9.17, 15) is 4.79 Å². The molecule has 3 rings (SSSR count). The van der Waals surface area contributed by atoms with Gasteiger partial charge in [-0.1, -0.05) is 24.3 Å². The van der Waals surface area contributed by atoms with Crippen molar-refractivity contribution >= 4 is 11.0 Å². The zero-order valence-corrected chi connectivity index (χ0v) is 10.9. The first-order valence-corrected chi connectivity index (χ1v) is 6.29. The maximum atomic E-state index is 12.5. The van der Waals surface area contributed by atoms with E-state index in [1.807, 2.05) is 0 Å². The summed E-state index contributed by atoms with van der Waals surface area (Å²) in [4.78, 5) is 12.5. The van der Waals surface area contributed by atoms with Gasteiger partial charge in [0.25, 0.3) is 0 Å². The number of aliphatic hydroxyl groups excluding tert-OH is 1. The molecule has 0 amide bonds. The van der Waals surface area contributed by atoms with Crippen LogP contribution in [0.2, 0.25) is 0 Å². The highest BCUT2D eigenvalue weighted by Crippen LogP contribution is 2.23. The molecule has 106 valence electrons. The van der Waals surface area contributed by atoms with Gasteiger partial charge in [0.05, 0.1) is 10.9 Å². The van der Waals surface area contributed by atoms with E-state index < -0.39 is 6.48 Å². The average Bonchev–Trinajstić information content (AvgIpc) is 2.47. The van der Waals surface area contributed by atoms with E-state index in [-0.39, 0.29) is 11.2 Å². The minimum Gasteiger partial charge on any atom is -0.463 e. The lowest BCUT2D eigenvalue weighted by molar-refractivity contribution is -0.179. The second-order valence-electron chi connectivity index (χ2n) is 4.45. The van der Waals surface area contributed by atoms with Gasteiger partial charge < -0.3 is 19.4 Å². The fraction of sp³-hybridized carbons (Fsp3) is 0.0625. The third-order valence-electron chi connectivity index (χ3n) is 3.07. The minimum absolute atomic E-state index is 0.154. The molecule has 0 aliphatic heterocycles. The molecule has 3 aromatic rings. The maximum Gasteiger partial charge on any atom is 0.310 e. The van der Waals surface area contributed by atoms with E-state index in [1.54, 1.807) is 48.5 Å². The Morgan fingerprint density at radius 3 is 2.67 bits per heavy atom. The first kappa shape index (κ1) is 13.4. The van der Waals surface area contributed by atoms with Crippen molar-refractivity contribution < 1.29 is 19.4 Å². The summed E-state index contributed by atoms with van der Waals surface area (Å²) < 4.78 is 10.2. The monoisotopic (exact) mass is 284 g/mol. The van der Waals surface area contributed by atoms with Gasteiger partial charge in [-0.2, -0.15) is 0 Å². The highest BCUT2D eigenvalue weighted by atomic mass is 16.7. The Kier molecular flexibility index (Phi) is 3.43. The quantitative estimate of drug-likeness (QED) is 0.720. The number of hydrogen-bond donors (Lipinski definition) is 2. The summed E-state index contributed by atoms with van der Waals surface area (Å²) in [6, 6.07) is 13.5. The third-order valence-corrected chi connectivity index (χ3v) is 3.07. The highest BCUT2D eigenvalue weighted by Gasteiger charge is 2.10.